The Morgan fingerprint density at radius 1 is 1.29 bits per heavy atom. The van der Waals surface area contributed by atoms with E-state index in [1.807, 2.05) is 0 Å². The van der Waals surface area contributed by atoms with Gasteiger partial charge in [0.15, 0.2) is 0 Å². The fourth-order valence-electron chi connectivity index (χ4n) is 3.03. The summed E-state index contributed by atoms with van der Waals surface area (Å²) < 4.78 is 0. The number of aliphatic hydroxyl groups is 1. The Kier molecular flexibility index (Phi) is 2.61. The summed E-state index contributed by atoms with van der Waals surface area (Å²) in [6, 6.07) is 1.04. The molecule has 2 fully saturated rings. The first kappa shape index (κ1) is 10.4. The highest BCUT2D eigenvalue weighted by molar-refractivity contribution is 4.99. The summed E-state index contributed by atoms with van der Waals surface area (Å²) in [7, 11) is 0. The van der Waals surface area contributed by atoms with Gasteiger partial charge in [-0.3, -0.25) is 0 Å². The molecule has 2 nitrogen and oxygen atoms in total. The Hall–Kier alpha value is -0.0800. The molecule has 2 rings (SSSR count). The van der Waals surface area contributed by atoms with Gasteiger partial charge in [0.1, 0.15) is 0 Å². The van der Waals surface area contributed by atoms with Crippen molar-refractivity contribution in [3.8, 4) is 0 Å². The molecule has 2 N–H and O–H groups in total. The topological polar surface area (TPSA) is 32.3 Å². The summed E-state index contributed by atoms with van der Waals surface area (Å²) in [5.41, 5.74) is 0.0102. The van der Waals surface area contributed by atoms with E-state index >= 15 is 0 Å². The van der Waals surface area contributed by atoms with Gasteiger partial charge in [-0.2, -0.15) is 0 Å². The molecule has 0 aromatic rings. The van der Waals surface area contributed by atoms with Crippen LogP contribution in [0.1, 0.15) is 46.5 Å². The van der Waals surface area contributed by atoms with Gasteiger partial charge in [-0.1, -0.05) is 27.2 Å². The van der Waals surface area contributed by atoms with Crippen molar-refractivity contribution in [2.75, 3.05) is 0 Å². The summed E-state index contributed by atoms with van der Waals surface area (Å²) in [6.45, 7) is 6.36. The molecule has 0 bridgehead atoms. The molecule has 0 amide bonds. The Balaban J connectivity index is 1.96. The van der Waals surface area contributed by atoms with Gasteiger partial charge >= 0.3 is 0 Å². The van der Waals surface area contributed by atoms with Crippen molar-refractivity contribution in [1.82, 2.24) is 5.32 Å². The van der Waals surface area contributed by atoms with E-state index < -0.39 is 0 Å². The Labute approximate surface area is 87.1 Å². The predicted octanol–water partition coefficient (Wildman–Crippen LogP) is 1.92. The fraction of sp³-hybridized carbons (Fsp3) is 1.00. The van der Waals surface area contributed by atoms with Gasteiger partial charge in [0.05, 0.1) is 6.10 Å². The van der Waals surface area contributed by atoms with Crippen molar-refractivity contribution in [2.24, 2.45) is 11.3 Å². The maximum atomic E-state index is 10.2. The van der Waals surface area contributed by atoms with Crippen LogP contribution in [-0.4, -0.2) is 23.3 Å². The van der Waals surface area contributed by atoms with Crippen LogP contribution in [0, 0.1) is 11.3 Å². The van der Waals surface area contributed by atoms with Gasteiger partial charge in [0.2, 0.25) is 0 Å². The molecule has 1 aliphatic heterocycles. The minimum absolute atomic E-state index is 0.0102. The number of hydrogen-bond donors (Lipinski definition) is 2. The average Bonchev–Trinajstić information content (AvgIpc) is 2.58. The van der Waals surface area contributed by atoms with Gasteiger partial charge < -0.3 is 10.4 Å². The quantitative estimate of drug-likeness (QED) is 0.673. The molecule has 0 unspecified atom stereocenters. The zero-order valence-corrected chi connectivity index (χ0v) is 9.59. The van der Waals surface area contributed by atoms with Crippen LogP contribution in [-0.2, 0) is 0 Å². The third-order valence-corrected chi connectivity index (χ3v) is 3.91. The number of fused-ring (bicyclic) bond motifs is 1. The second-order valence-corrected chi connectivity index (χ2v) is 6.12. The van der Waals surface area contributed by atoms with Crippen molar-refractivity contribution >= 4 is 0 Å². The number of rotatable bonds is 1. The van der Waals surface area contributed by atoms with Crippen LogP contribution < -0.4 is 5.32 Å². The monoisotopic (exact) mass is 197 g/mol. The summed E-state index contributed by atoms with van der Waals surface area (Å²) in [5, 5.41) is 13.8. The molecule has 0 aromatic heterocycles. The van der Waals surface area contributed by atoms with Crippen molar-refractivity contribution in [2.45, 2.75) is 64.6 Å². The van der Waals surface area contributed by atoms with Crippen LogP contribution >= 0.6 is 0 Å². The molecule has 82 valence electrons. The van der Waals surface area contributed by atoms with Gasteiger partial charge in [-0.25, -0.2) is 0 Å². The number of nitrogens with one attached hydrogen (secondary N) is 1. The maximum Gasteiger partial charge on any atom is 0.0741 e. The molecule has 1 aliphatic carbocycles. The lowest BCUT2D eigenvalue weighted by Gasteiger charge is -2.31. The van der Waals surface area contributed by atoms with Crippen molar-refractivity contribution in [3.05, 3.63) is 0 Å². The lowest BCUT2D eigenvalue weighted by Crippen LogP contribution is -2.44. The Morgan fingerprint density at radius 3 is 2.57 bits per heavy atom. The van der Waals surface area contributed by atoms with Crippen LogP contribution in [0.2, 0.25) is 0 Å². The third-order valence-electron chi connectivity index (χ3n) is 3.91. The second kappa shape index (κ2) is 3.49. The van der Waals surface area contributed by atoms with E-state index in [0.717, 1.165) is 5.92 Å². The highest BCUT2D eigenvalue weighted by atomic mass is 16.3. The second-order valence-electron chi connectivity index (χ2n) is 6.12. The molecule has 2 aliphatic rings. The summed E-state index contributed by atoms with van der Waals surface area (Å²) in [4.78, 5) is 0. The molecule has 0 spiro atoms. The van der Waals surface area contributed by atoms with Crippen LogP contribution in [0.15, 0.2) is 0 Å². The molecule has 0 radical (unpaired) electrons. The largest absolute Gasteiger partial charge is 0.391 e. The first-order valence-corrected chi connectivity index (χ1v) is 5.92. The van der Waals surface area contributed by atoms with E-state index in [0.29, 0.717) is 12.1 Å². The smallest absolute Gasteiger partial charge is 0.0741 e. The lowest BCUT2D eigenvalue weighted by molar-refractivity contribution is 0.0321. The fourth-order valence-corrected chi connectivity index (χ4v) is 3.03. The molecule has 1 heterocycles. The number of aliphatic hydroxyl groups excluding tert-OH is 1. The normalized spacial score (nSPS) is 39.9. The maximum absolute atomic E-state index is 10.2. The average molecular weight is 197 g/mol. The summed E-state index contributed by atoms with van der Waals surface area (Å²) >= 11 is 0. The minimum Gasteiger partial charge on any atom is -0.391 e. The lowest BCUT2D eigenvalue weighted by atomic mass is 9.83. The minimum atomic E-state index is -0.201. The first-order chi connectivity index (χ1) is 6.48. The highest BCUT2D eigenvalue weighted by Crippen LogP contribution is 2.38. The van der Waals surface area contributed by atoms with Crippen LogP contribution in [0.3, 0.4) is 0 Å². The van der Waals surface area contributed by atoms with E-state index in [9.17, 15) is 5.11 Å². The summed E-state index contributed by atoms with van der Waals surface area (Å²) in [5.74, 6) is 0.844. The predicted molar refractivity (Wildman–Crippen MR) is 58.1 cm³/mol. The van der Waals surface area contributed by atoms with E-state index in [1.54, 1.807) is 0 Å². The molecular formula is C12H23NO. The van der Waals surface area contributed by atoms with Crippen LogP contribution in [0.5, 0.6) is 0 Å². The van der Waals surface area contributed by atoms with Crippen LogP contribution in [0.4, 0.5) is 0 Å². The van der Waals surface area contributed by atoms with Crippen molar-refractivity contribution in [3.63, 3.8) is 0 Å². The highest BCUT2D eigenvalue weighted by Gasteiger charge is 2.42. The van der Waals surface area contributed by atoms with Gasteiger partial charge in [-0.15, -0.1) is 0 Å². The van der Waals surface area contributed by atoms with E-state index in [2.05, 4.69) is 26.1 Å². The van der Waals surface area contributed by atoms with Crippen molar-refractivity contribution in [1.29, 1.82) is 0 Å². The molecule has 1 saturated heterocycles. The molecule has 14 heavy (non-hydrogen) atoms. The van der Waals surface area contributed by atoms with E-state index in [4.69, 9.17) is 0 Å². The number of hydrogen-bond acceptors (Lipinski definition) is 2. The molecule has 2 heteroatoms. The third kappa shape index (κ3) is 1.82. The molecule has 1 saturated carbocycles. The van der Waals surface area contributed by atoms with E-state index in [1.165, 1.54) is 25.7 Å². The molecule has 4 atom stereocenters. The van der Waals surface area contributed by atoms with E-state index in [-0.39, 0.29) is 11.5 Å². The Bertz CT molecular complexity index is 197. The SMILES string of the molecule is CC(C)(C)[C@H](O)[C@H]1C[C@H]2CCC[C@H]2N1. The zero-order chi connectivity index (χ0) is 10.3. The molecule has 0 aromatic carbocycles. The molecular weight excluding hydrogens is 174 g/mol. The first-order valence-electron chi connectivity index (χ1n) is 5.92. The zero-order valence-electron chi connectivity index (χ0n) is 9.59. The van der Waals surface area contributed by atoms with Gasteiger partial charge in [0.25, 0.3) is 0 Å². The van der Waals surface area contributed by atoms with Gasteiger partial charge in [0, 0.05) is 12.1 Å². The van der Waals surface area contributed by atoms with Crippen molar-refractivity contribution < 1.29 is 5.11 Å². The Morgan fingerprint density at radius 2 is 2.00 bits per heavy atom. The van der Waals surface area contributed by atoms with Crippen LogP contribution in [0.25, 0.3) is 0 Å². The standard InChI is InChI=1S/C12H23NO/c1-12(2,3)11(14)10-7-8-5-4-6-9(8)13-10/h8-11,13-14H,4-7H2,1-3H3/t8-,9-,10-,11-/m1/s1. The van der Waals surface area contributed by atoms with Gasteiger partial charge in [-0.05, 0) is 30.6 Å². The summed E-state index contributed by atoms with van der Waals surface area (Å²) in [6.07, 6.45) is 5.04.